The number of hydrogen-bond acceptors (Lipinski definition) is 3. The van der Waals surface area contributed by atoms with Crippen LogP contribution in [0, 0.1) is 5.92 Å². The standard InChI is InChI=1S/C6H12ClNO3S/c1-4(2)5(6(7)9)8-12(3,10)11/h4-5,8H,1-3H3. The molecule has 1 unspecified atom stereocenters. The van der Waals surface area contributed by atoms with Crippen molar-refractivity contribution in [2.75, 3.05) is 6.26 Å². The zero-order valence-electron chi connectivity index (χ0n) is 7.17. The Bertz CT molecular complexity index is 260. The van der Waals surface area contributed by atoms with E-state index in [1.807, 2.05) is 0 Å². The predicted octanol–water partition coefficient (Wildman–Crippen LogP) is 0.326. The molecule has 0 spiro atoms. The maximum atomic E-state index is 10.7. The van der Waals surface area contributed by atoms with E-state index < -0.39 is 21.3 Å². The predicted molar refractivity (Wildman–Crippen MR) is 47.5 cm³/mol. The second-order valence-electron chi connectivity index (χ2n) is 2.92. The van der Waals surface area contributed by atoms with E-state index in [-0.39, 0.29) is 5.92 Å². The summed E-state index contributed by atoms with van der Waals surface area (Å²) in [4.78, 5) is 10.7. The van der Waals surface area contributed by atoms with Crippen molar-refractivity contribution in [3.63, 3.8) is 0 Å². The van der Waals surface area contributed by atoms with Crippen molar-refractivity contribution in [1.82, 2.24) is 4.72 Å². The summed E-state index contributed by atoms with van der Waals surface area (Å²) >= 11 is 5.18. The lowest BCUT2D eigenvalue weighted by Crippen LogP contribution is -2.41. The SMILES string of the molecule is CC(C)C(NS(C)(=O)=O)C(=O)Cl. The van der Waals surface area contributed by atoms with E-state index in [1.54, 1.807) is 13.8 Å². The number of hydrogen-bond donors (Lipinski definition) is 1. The Morgan fingerprint density at radius 3 is 1.92 bits per heavy atom. The molecule has 0 amide bonds. The van der Waals surface area contributed by atoms with Crippen LogP contribution in [-0.4, -0.2) is 26.0 Å². The molecule has 0 aromatic rings. The molecule has 0 aromatic carbocycles. The zero-order valence-corrected chi connectivity index (χ0v) is 8.74. The van der Waals surface area contributed by atoms with Gasteiger partial charge in [0.05, 0.1) is 12.3 Å². The van der Waals surface area contributed by atoms with Gasteiger partial charge >= 0.3 is 0 Å². The highest BCUT2D eigenvalue weighted by molar-refractivity contribution is 7.88. The van der Waals surface area contributed by atoms with Crippen LogP contribution in [0.5, 0.6) is 0 Å². The van der Waals surface area contributed by atoms with Crippen molar-refractivity contribution >= 4 is 26.9 Å². The first kappa shape index (κ1) is 11.9. The Hall–Kier alpha value is -0.130. The number of carbonyl (C=O) groups is 1. The third-order valence-corrected chi connectivity index (χ3v) is 2.17. The Balaban J connectivity index is 4.46. The average Bonchev–Trinajstić information content (AvgIpc) is 1.79. The number of nitrogens with one attached hydrogen (secondary N) is 1. The van der Waals surface area contributed by atoms with Gasteiger partial charge in [-0.2, -0.15) is 0 Å². The molecule has 0 rings (SSSR count). The molecule has 0 heterocycles. The van der Waals surface area contributed by atoms with Crippen LogP contribution in [-0.2, 0) is 14.8 Å². The van der Waals surface area contributed by atoms with Gasteiger partial charge in [-0.3, -0.25) is 4.79 Å². The first-order valence-electron chi connectivity index (χ1n) is 3.40. The summed E-state index contributed by atoms with van der Waals surface area (Å²) in [6, 6.07) is -0.832. The minimum Gasteiger partial charge on any atom is -0.279 e. The fourth-order valence-corrected chi connectivity index (χ4v) is 1.89. The minimum absolute atomic E-state index is 0.148. The van der Waals surface area contributed by atoms with Crippen LogP contribution in [0.3, 0.4) is 0 Å². The Morgan fingerprint density at radius 1 is 1.42 bits per heavy atom. The molecule has 0 aliphatic heterocycles. The molecule has 0 saturated heterocycles. The quantitative estimate of drug-likeness (QED) is 0.685. The molecule has 0 aliphatic rings. The number of carbonyl (C=O) groups excluding carboxylic acids is 1. The van der Waals surface area contributed by atoms with Crippen LogP contribution in [0.4, 0.5) is 0 Å². The van der Waals surface area contributed by atoms with E-state index in [4.69, 9.17) is 11.6 Å². The largest absolute Gasteiger partial charge is 0.279 e. The van der Waals surface area contributed by atoms with E-state index >= 15 is 0 Å². The number of halogens is 1. The van der Waals surface area contributed by atoms with E-state index in [0.717, 1.165) is 6.26 Å². The highest BCUT2D eigenvalue weighted by Crippen LogP contribution is 2.06. The second-order valence-corrected chi connectivity index (χ2v) is 5.07. The van der Waals surface area contributed by atoms with Gasteiger partial charge in [0.15, 0.2) is 0 Å². The van der Waals surface area contributed by atoms with Crippen LogP contribution in [0.1, 0.15) is 13.8 Å². The van der Waals surface area contributed by atoms with Gasteiger partial charge in [-0.25, -0.2) is 13.1 Å². The van der Waals surface area contributed by atoms with E-state index in [1.165, 1.54) is 0 Å². The smallest absolute Gasteiger partial charge is 0.239 e. The molecular weight excluding hydrogens is 202 g/mol. The van der Waals surface area contributed by atoms with Gasteiger partial charge in [0.2, 0.25) is 15.3 Å². The highest BCUT2D eigenvalue weighted by Gasteiger charge is 2.23. The van der Waals surface area contributed by atoms with Gasteiger partial charge in [-0.05, 0) is 17.5 Å². The summed E-state index contributed by atoms with van der Waals surface area (Å²) in [7, 11) is -3.37. The van der Waals surface area contributed by atoms with Crippen molar-refractivity contribution in [2.24, 2.45) is 5.92 Å². The number of sulfonamides is 1. The molecule has 0 aromatic heterocycles. The third-order valence-electron chi connectivity index (χ3n) is 1.25. The Labute approximate surface area is 77.3 Å². The molecule has 1 N–H and O–H groups in total. The van der Waals surface area contributed by atoms with E-state index in [9.17, 15) is 13.2 Å². The molecule has 0 aliphatic carbocycles. The second kappa shape index (κ2) is 4.20. The van der Waals surface area contributed by atoms with Crippen molar-refractivity contribution in [3.8, 4) is 0 Å². The summed E-state index contributed by atoms with van der Waals surface area (Å²) < 4.78 is 23.6. The van der Waals surface area contributed by atoms with Crippen LogP contribution in [0.25, 0.3) is 0 Å². The maximum absolute atomic E-state index is 10.7. The molecule has 72 valence electrons. The molecule has 0 radical (unpaired) electrons. The van der Waals surface area contributed by atoms with Crippen molar-refractivity contribution < 1.29 is 13.2 Å². The molecule has 4 nitrogen and oxygen atoms in total. The van der Waals surface area contributed by atoms with Crippen LogP contribution >= 0.6 is 11.6 Å². The minimum atomic E-state index is -3.37. The van der Waals surface area contributed by atoms with Crippen LogP contribution in [0.2, 0.25) is 0 Å². The van der Waals surface area contributed by atoms with Gasteiger partial charge in [-0.15, -0.1) is 0 Å². The maximum Gasteiger partial charge on any atom is 0.239 e. The molecule has 0 bridgehead atoms. The monoisotopic (exact) mass is 213 g/mol. The van der Waals surface area contributed by atoms with E-state index in [2.05, 4.69) is 4.72 Å². The summed E-state index contributed by atoms with van der Waals surface area (Å²) in [5, 5.41) is -0.685. The Kier molecular flexibility index (Phi) is 4.16. The number of rotatable bonds is 4. The van der Waals surface area contributed by atoms with Gasteiger partial charge in [0, 0.05) is 0 Å². The van der Waals surface area contributed by atoms with Gasteiger partial charge in [0.25, 0.3) is 0 Å². The summed E-state index contributed by atoms with van der Waals surface area (Å²) in [5.74, 6) is -0.148. The fraction of sp³-hybridized carbons (Fsp3) is 0.833. The lowest BCUT2D eigenvalue weighted by Gasteiger charge is -2.16. The van der Waals surface area contributed by atoms with Gasteiger partial charge in [0.1, 0.15) is 0 Å². The zero-order chi connectivity index (χ0) is 9.94. The average molecular weight is 214 g/mol. The molecular formula is C6H12ClNO3S. The molecule has 6 heteroatoms. The van der Waals surface area contributed by atoms with Gasteiger partial charge in [-0.1, -0.05) is 13.8 Å². The Morgan fingerprint density at radius 2 is 1.83 bits per heavy atom. The first-order chi connectivity index (χ1) is 5.24. The van der Waals surface area contributed by atoms with Gasteiger partial charge < -0.3 is 0 Å². The normalized spacial score (nSPS) is 14.8. The molecule has 12 heavy (non-hydrogen) atoms. The first-order valence-corrected chi connectivity index (χ1v) is 5.67. The summed E-state index contributed by atoms with van der Waals surface area (Å²) in [6.45, 7) is 3.42. The highest BCUT2D eigenvalue weighted by atomic mass is 35.5. The molecule has 1 atom stereocenters. The lowest BCUT2D eigenvalue weighted by atomic mass is 10.1. The topological polar surface area (TPSA) is 63.2 Å². The van der Waals surface area contributed by atoms with Crippen molar-refractivity contribution in [1.29, 1.82) is 0 Å². The van der Waals surface area contributed by atoms with E-state index in [0.29, 0.717) is 0 Å². The van der Waals surface area contributed by atoms with Crippen LogP contribution < -0.4 is 4.72 Å². The lowest BCUT2D eigenvalue weighted by molar-refractivity contribution is -0.113. The molecule has 0 fully saturated rings. The molecule has 0 saturated carbocycles. The summed E-state index contributed by atoms with van der Waals surface area (Å²) in [5.41, 5.74) is 0. The third kappa shape index (κ3) is 4.69. The fourth-order valence-electron chi connectivity index (χ4n) is 0.675. The van der Waals surface area contributed by atoms with Crippen LogP contribution in [0.15, 0.2) is 0 Å². The van der Waals surface area contributed by atoms with Crippen molar-refractivity contribution in [3.05, 3.63) is 0 Å². The van der Waals surface area contributed by atoms with Crippen molar-refractivity contribution in [2.45, 2.75) is 19.9 Å². The summed E-state index contributed by atoms with van der Waals surface area (Å²) in [6.07, 6.45) is 0.988.